The smallest absolute Gasteiger partial charge is 0.253 e. The second-order valence-electron chi connectivity index (χ2n) is 8.13. The number of carbonyl (C=O) groups is 2. The molecule has 0 spiro atoms. The van der Waals surface area contributed by atoms with Crippen LogP contribution in [0.25, 0.3) is 6.08 Å². The highest BCUT2D eigenvalue weighted by Crippen LogP contribution is 2.47. The molecule has 2 N–H and O–H groups in total. The Kier molecular flexibility index (Phi) is 5.22. The van der Waals surface area contributed by atoms with Crippen LogP contribution in [-0.2, 0) is 4.79 Å². The minimum Gasteiger partial charge on any atom is -0.461 e. The topological polar surface area (TPSA) is 71.3 Å². The first kappa shape index (κ1) is 19.0. The van der Waals surface area contributed by atoms with Gasteiger partial charge in [0.1, 0.15) is 11.5 Å². The lowest BCUT2D eigenvalue weighted by Gasteiger charge is -2.21. The van der Waals surface area contributed by atoms with Gasteiger partial charge in [-0.05, 0) is 63.5 Å². The van der Waals surface area contributed by atoms with Crippen molar-refractivity contribution in [1.82, 2.24) is 5.32 Å². The fourth-order valence-electron chi connectivity index (χ4n) is 2.91. The molecule has 0 bridgehead atoms. The quantitative estimate of drug-likeness (QED) is 0.761. The second kappa shape index (κ2) is 7.43. The van der Waals surface area contributed by atoms with Gasteiger partial charge in [-0.1, -0.05) is 19.1 Å². The van der Waals surface area contributed by atoms with Gasteiger partial charge in [-0.3, -0.25) is 9.59 Å². The number of carbonyl (C=O) groups excluding carboxylic acids is 2. The molecule has 27 heavy (non-hydrogen) atoms. The number of anilines is 1. The Bertz CT molecular complexity index is 874. The molecule has 0 aliphatic heterocycles. The monoisotopic (exact) mass is 366 g/mol. The molecule has 0 saturated heterocycles. The Morgan fingerprint density at radius 2 is 1.85 bits per heavy atom. The highest BCUT2D eigenvalue weighted by molar-refractivity contribution is 6.07. The summed E-state index contributed by atoms with van der Waals surface area (Å²) >= 11 is 0. The number of furan rings is 1. The van der Waals surface area contributed by atoms with Crippen LogP contribution in [0.4, 0.5) is 5.69 Å². The SMILES string of the molecule is CC1CC1c1ccc(/C=C/C(=O)Nc2ccccc2C(=O)NC(C)(C)C)o1. The summed E-state index contributed by atoms with van der Waals surface area (Å²) in [6.45, 7) is 7.93. The molecule has 2 aromatic rings. The third-order valence-corrected chi connectivity index (χ3v) is 4.44. The predicted octanol–water partition coefficient (Wildman–Crippen LogP) is 4.58. The van der Waals surface area contributed by atoms with Gasteiger partial charge in [0, 0.05) is 17.5 Å². The van der Waals surface area contributed by atoms with Crippen LogP contribution in [0.5, 0.6) is 0 Å². The molecule has 142 valence electrons. The Hall–Kier alpha value is -2.82. The molecule has 1 aliphatic rings. The van der Waals surface area contributed by atoms with Gasteiger partial charge in [-0.25, -0.2) is 0 Å². The van der Waals surface area contributed by atoms with Crippen molar-refractivity contribution in [2.45, 2.75) is 45.6 Å². The number of para-hydroxylation sites is 1. The molecule has 1 aromatic carbocycles. The van der Waals surface area contributed by atoms with Gasteiger partial charge in [0.25, 0.3) is 5.91 Å². The molecule has 1 aromatic heterocycles. The lowest BCUT2D eigenvalue weighted by atomic mass is 10.1. The van der Waals surface area contributed by atoms with Gasteiger partial charge in [-0.15, -0.1) is 0 Å². The van der Waals surface area contributed by atoms with Crippen LogP contribution in [0.2, 0.25) is 0 Å². The summed E-state index contributed by atoms with van der Waals surface area (Å²) in [5.74, 6) is 2.27. The Morgan fingerprint density at radius 1 is 1.15 bits per heavy atom. The standard InChI is InChI=1S/C22H26N2O3/c1-14-13-17(14)19-11-9-15(27-19)10-12-20(25)23-18-8-6-5-7-16(18)21(26)24-22(2,3)4/h5-12,14,17H,13H2,1-4H3,(H,23,25)(H,24,26)/b12-10+. The van der Waals surface area contributed by atoms with E-state index in [2.05, 4.69) is 17.6 Å². The summed E-state index contributed by atoms with van der Waals surface area (Å²) in [4.78, 5) is 24.7. The molecule has 1 aliphatic carbocycles. The fraction of sp³-hybridized carbons (Fsp3) is 0.364. The molecular weight excluding hydrogens is 340 g/mol. The second-order valence-corrected chi connectivity index (χ2v) is 8.13. The summed E-state index contributed by atoms with van der Waals surface area (Å²) in [6.07, 6.45) is 4.21. The maximum absolute atomic E-state index is 12.4. The summed E-state index contributed by atoms with van der Waals surface area (Å²) in [5, 5.41) is 5.67. The molecular formula is C22H26N2O3. The van der Waals surface area contributed by atoms with Crippen LogP contribution in [0.1, 0.15) is 61.9 Å². The van der Waals surface area contributed by atoms with Crippen molar-refractivity contribution >= 4 is 23.6 Å². The lowest BCUT2D eigenvalue weighted by molar-refractivity contribution is -0.111. The third-order valence-electron chi connectivity index (χ3n) is 4.44. The van der Waals surface area contributed by atoms with Gasteiger partial charge < -0.3 is 15.1 Å². The number of rotatable bonds is 5. The summed E-state index contributed by atoms with van der Waals surface area (Å²) in [6, 6.07) is 10.8. The number of amides is 2. The van der Waals surface area contributed by atoms with E-state index in [4.69, 9.17) is 4.42 Å². The Balaban J connectivity index is 1.65. The van der Waals surface area contributed by atoms with Crippen molar-refractivity contribution < 1.29 is 14.0 Å². The van der Waals surface area contributed by atoms with Crippen molar-refractivity contribution in [1.29, 1.82) is 0 Å². The van der Waals surface area contributed by atoms with Gasteiger partial charge in [0.15, 0.2) is 0 Å². The van der Waals surface area contributed by atoms with Crippen molar-refractivity contribution in [2.75, 3.05) is 5.32 Å². The maximum Gasteiger partial charge on any atom is 0.253 e. The molecule has 5 nitrogen and oxygen atoms in total. The first-order valence-corrected chi connectivity index (χ1v) is 9.23. The molecule has 1 fully saturated rings. The van der Waals surface area contributed by atoms with Crippen molar-refractivity contribution in [2.24, 2.45) is 5.92 Å². The number of nitrogens with one attached hydrogen (secondary N) is 2. The predicted molar refractivity (Wildman–Crippen MR) is 107 cm³/mol. The van der Waals surface area contributed by atoms with E-state index in [1.165, 1.54) is 6.08 Å². The number of hydrogen-bond donors (Lipinski definition) is 2. The van der Waals surface area contributed by atoms with E-state index in [1.807, 2.05) is 32.9 Å². The lowest BCUT2D eigenvalue weighted by Crippen LogP contribution is -2.40. The zero-order valence-electron chi connectivity index (χ0n) is 16.2. The van der Waals surface area contributed by atoms with Crippen molar-refractivity contribution in [3.63, 3.8) is 0 Å². The number of benzene rings is 1. The molecule has 1 heterocycles. The molecule has 2 atom stereocenters. The molecule has 5 heteroatoms. The van der Waals surface area contributed by atoms with Crippen LogP contribution in [0.15, 0.2) is 46.9 Å². The zero-order chi connectivity index (χ0) is 19.6. The van der Waals surface area contributed by atoms with Crippen LogP contribution in [0, 0.1) is 5.92 Å². The highest BCUT2D eigenvalue weighted by atomic mass is 16.3. The van der Waals surface area contributed by atoms with E-state index in [0.29, 0.717) is 28.8 Å². The Labute approximate surface area is 159 Å². The van der Waals surface area contributed by atoms with E-state index in [1.54, 1.807) is 30.3 Å². The highest BCUT2D eigenvalue weighted by Gasteiger charge is 2.36. The first-order chi connectivity index (χ1) is 12.7. The zero-order valence-corrected chi connectivity index (χ0v) is 16.2. The van der Waals surface area contributed by atoms with E-state index >= 15 is 0 Å². The largest absolute Gasteiger partial charge is 0.461 e. The average molecular weight is 366 g/mol. The van der Waals surface area contributed by atoms with Gasteiger partial charge in [0.2, 0.25) is 5.91 Å². The van der Waals surface area contributed by atoms with E-state index in [0.717, 1.165) is 12.2 Å². The molecule has 2 amide bonds. The minimum absolute atomic E-state index is 0.225. The number of hydrogen-bond acceptors (Lipinski definition) is 3. The average Bonchev–Trinajstić information content (AvgIpc) is 3.13. The van der Waals surface area contributed by atoms with Gasteiger partial charge >= 0.3 is 0 Å². The van der Waals surface area contributed by atoms with Crippen molar-refractivity contribution in [3.8, 4) is 0 Å². The van der Waals surface area contributed by atoms with Gasteiger partial charge in [0.05, 0.1) is 11.3 Å². The van der Waals surface area contributed by atoms with E-state index in [-0.39, 0.29) is 17.4 Å². The Morgan fingerprint density at radius 3 is 2.52 bits per heavy atom. The summed E-state index contributed by atoms with van der Waals surface area (Å²) in [5.41, 5.74) is 0.544. The fourth-order valence-corrected chi connectivity index (χ4v) is 2.91. The molecule has 3 rings (SSSR count). The van der Waals surface area contributed by atoms with E-state index in [9.17, 15) is 9.59 Å². The van der Waals surface area contributed by atoms with Crippen LogP contribution in [-0.4, -0.2) is 17.4 Å². The summed E-state index contributed by atoms with van der Waals surface area (Å²) in [7, 11) is 0. The first-order valence-electron chi connectivity index (χ1n) is 9.23. The maximum atomic E-state index is 12.4. The van der Waals surface area contributed by atoms with Crippen LogP contribution < -0.4 is 10.6 Å². The third kappa shape index (κ3) is 5.09. The van der Waals surface area contributed by atoms with Gasteiger partial charge in [-0.2, -0.15) is 0 Å². The minimum atomic E-state index is -0.357. The molecule has 2 unspecified atom stereocenters. The van der Waals surface area contributed by atoms with Crippen LogP contribution in [0.3, 0.4) is 0 Å². The molecule has 1 saturated carbocycles. The van der Waals surface area contributed by atoms with Crippen LogP contribution >= 0.6 is 0 Å². The van der Waals surface area contributed by atoms with Crippen molar-refractivity contribution in [3.05, 3.63) is 59.6 Å². The normalized spacial score (nSPS) is 19.1. The summed E-state index contributed by atoms with van der Waals surface area (Å²) < 4.78 is 5.76. The molecule has 0 radical (unpaired) electrons. The van der Waals surface area contributed by atoms with E-state index < -0.39 is 0 Å².